The number of ether oxygens (including phenoxy) is 1. The molecule has 0 saturated heterocycles. The Bertz CT molecular complexity index is 634. The van der Waals surface area contributed by atoms with Crippen molar-refractivity contribution in [2.75, 3.05) is 12.4 Å². The third kappa shape index (κ3) is 3.36. The summed E-state index contributed by atoms with van der Waals surface area (Å²) in [4.78, 5) is 14.4. The van der Waals surface area contributed by atoms with Crippen molar-refractivity contribution in [3.8, 4) is 5.88 Å². The zero-order chi connectivity index (χ0) is 14.5. The van der Waals surface area contributed by atoms with Crippen molar-refractivity contribution in [3.63, 3.8) is 0 Å². The molecule has 6 nitrogen and oxygen atoms in total. The molecule has 2 aromatic rings. The second-order valence-corrected chi connectivity index (χ2v) is 4.34. The molecule has 2 rings (SSSR count). The quantitative estimate of drug-likeness (QED) is 0.676. The molecule has 0 aliphatic heterocycles. The first-order chi connectivity index (χ1) is 9.60. The third-order valence-corrected chi connectivity index (χ3v) is 2.96. The van der Waals surface area contributed by atoms with Gasteiger partial charge in [-0.1, -0.05) is 29.8 Å². The minimum absolute atomic E-state index is 0.0847. The monoisotopic (exact) mass is 293 g/mol. The maximum atomic E-state index is 10.8. The molecule has 0 bridgehead atoms. The van der Waals surface area contributed by atoms with E-state index in [1.165, 1.54) is 12.1 Å². The molecule has 0 spiro atoms. The van der Waals surface area contributed by atoms with Gasteiger partial charge in [-0.05, 0) is 6.07 Å². The van der Waals surface area contributed by atoms with Gasteiger partial charge in [0, 0.05) is 17.6 Å². The number of anilines is 1. The van der Waals surface area contributed by atoms with Crippen molar-refractivity contribution in [2.24, 2.45) is 0 Å². The molecule has 1 heterocycles. The maximum absolute atomic E-state index is 10.8. The van der Waals surface area contributed by atoms with Gasteiger partial charge in [-0.3, -0.25) is 10.1 Å². The second-order valence-electron chi connectivity index (χ2n) is 3.94. The van der Waals surface area contributed by atoms with Gasteiger partial charge in [0.05, 0.1) is 17.1 Å². The van der Waals surface area contributed by atoms with Crippen LogP contribution in [0.4, 0.5) is 11.5 Å². The van der Waals surface area contributed by atoms with Crippen molar-refractivity contribution in [1.29, 1.82) is 0 Å². The molecular weight excluding hydrogens is 282 g/mol. The van der Waals surface area contributed by atoms with Crippen LogP contribution >= 0.6 is 11.6 Å². The van der Waals surface area contributed by atoms with Crippen molar-refractivity contribution >= 4 is 23.1 Å². The molecule has 0 unspecified atom stereocenters. The molecule has 7 heteroatoms. The van der Waals surface area contributed by atoms with Crippen molar-refractivity contribution in [1.82, 2.24) is 4.98 Å². The van der Waals surface area contributed by atoms with E-state index in [-0.39, 0.29) is 18.2 Å². The summed E-state index contributed by atoms with van der Waals surface area (Å²) in [5.74, 6) is 0.539. The largest absolute Gasteiger partial charge is 0.473 e. The Kier molecular flexibility index (Phi) is 4.37. The highest BCUT2D eigenvalue weighted by Crippen LogP contribution is 2.23. The second kappa shape index (κ2) is 6.21. The average Bonchev–Trinajstić information content (AvgIpc) is 2.46. The topological polar surface area (TPSA) is 77.3 Å². The Balaban J connectivity index is 2.19. The first-order valence-electron chi connectivity index (χ1n) is 5.80. The van der Waals surface area contributed by atoms with Crippen molar-refractivity contribution in [2.45, 2.75) is 6.61 Å². The molecule has 20 heavy (non-hydrogen) atoms. The molecule has 0 atom stereocenters. The number of hydrogen-bond donors (Lipinski definition) is 1. The summed E-state index contributed by atoms with van der Waals surface area (Å²) < 4.78 is 5.47. The predicted octanol–water partition coefficient (Wildman–Crippen LogP) is 3.26. The van der Waals surface area contributed by atoms with Crippen molar-refractivity contribution in [3.05, 3.63) is 57.1 Å². The Labute approximate surface area is 120 Å². The summed E-state index contributed by atoms with van der Waals surface area (Å²) in [6.45, 7) is 0.191. The molecule has 0 amide bonds. The molecule has 0 saturated carbocycles. The smallest absolute Gasteiger partial charge is 0.278 e. The number of hydrogen-bond acceptors (Lipinski definition) is 5. The zero-order valence-corrected chi connectivity index (χ0v) is 11.4. The lowest BCUT2D eigenvalue weighted by atomic mass is 10.2. The summed E-state index contributed by atoms with van der Waals surface area (Å²) in [5.41, 5.74) is 0.701. The lowest BCUT2D eigenvalue weighted by Gasteiger charge is -2.08. The molecule has 0 aliphatic rings. The fourth-order valence-corrected chi connectivity index (χ4v) is 1.76. The number of nitro groups is 1. The summed E-state index contributed by atoms with van der Waals surface area (Å²) in [6, 6.07) is 9.83. The number of halogens is 1. The molecule has 1 aromatic heterocycles. The van der Waals surface area contributed by atoms with Crippen LogP contribution in [0.3, 0.4) is 0 Å². The lowest BCUT2D eigenvalue weighted by molar-refractivity contribution is -0.384. The fraction of sp³-hybridized carbons (Fsp3) is 0.154. The van der Waals surface area contributed by atoms with E-state index in [0.717, 1.165) is 5.56 Å². The number of benzene rings is 1. The Morgan fingerprint density at radius 2 is 2.15 bits per heavy atom. The van der Waals surface area contributed by atoms with E-state index in [9.17, 15) is 10.1 Å². The van der Waals surface area contributed by atoms with Gasteiger partial charge in [-0.15, -0.1) is 0 Å². The van der Waals surface area contributed by atoms with Gasteiger partial charge < -0.3 is 10.1 Å². The van der Waals surface area contributed by atoms with Crippen LogP contribution in [0.15, 0.2) is 36.4 Å². The number of aromatic nitrogens is 1. The van der Waals surface area contributed by atoms with E-state index < -0.39 is 4.92 Å². The third-order valence-electron chi connectivity index (χ3n) is 2.59. The van der Waals surface area contributed by atoms with Crippen LogP contribution in [0, 0.1) is 10.1 Å². The first-order valence-corrected chi connectivity index (χ1v) is 6.18. The van der Waals surface area contributed by atoms with E-state index in [4.69, 9.17) is 16.3 Å². The van der Waals surface area contributed by atoms with Gasteiger partial charge in [0.1, 0.15) is 12.4 Å². The van der Waals surface area contributed by atoms with Crippen LogP contribution in [0.1, 0.15) is 5.56 Å². The minimum Gasteiger partial charge on any atom is -0.473 e. The number of pyridine rings is 1. The van der Waals surface area contributed by atoms with Crippen LogP contribution in [-0.4, -0.2) is 17.0 Å². The van der Waals surface area contributed by atoms with E-state index >= 15 is 0 Å². The zero-order valence-electron chi connectivity index (χ0n) is 10.7. The van der Waals surface area contributed by atoms with Crippen LogP contribution in [0.5, 0.6) is 5.88 Å². The maximum Gasteiger partial charge on any atom is 0.278 e. The molecule has 1 N–H and O–H groups in total. The predicted molar refractivity (Wildman–Crippen MR) is 76.2 cm³/mol. The molecular formula is C13H12ClN3O3. The lowest BCUT2D eigenvalue weighted by Crippen LogP contribution is -2.01. The molecule has 0 radical (unpaired) electrons. The SMILES string of the molecule is CNc1cc([N+](=O)[O-])cc(OCc2ccccc2Cl)n1. The Hall–Kier alpha value is -2.34. The van der Waals surface area contributed by atoms with Crippen molar-refractivity contribution < 1.29 is 9.66 Å². The van der Waals surface area contributed by atoms with E-state index in [1.807, 2.05) is 18.2 Å². The number of nitrogens with one attached hydrogen (secondary N) is 1. The summed E-state index contributed by atoms with van der Waals surface area (Å²) >= 11 is 6.01. The van der Waals surface area contributed by atoms with Crippen LogP contribution in [-0.2, 0) is 6.61 Å². The van der Waals surface area contributed by atoms with Gasteiger partial charge in [0.15, 0.2) is 0 Å². The number of nitrogens with zero attached hydrogens (tertiary/aromatic N) is 2. The summed E-state index contributed by atoms with van der Waals surface area (Å²) in [6.07, 6.45) is 0. The highest BCUT2D eigenvalue weighted by molar-refractivity contribution is 6.31. The van der Waals surface area contributed by atoms with Gasteiger partial charge >= 0.3 is 0 Å². The average molecular weight is 294 g/mol. The standard InChI is InChI=1S/C13H12ClN3O3/c1-15-12-6-10(17(18)19)7-13(16-12)20-8-9-4-2-3-5-11(9)14/h2-7H,8H2,1H3,(H,15,16). The van der Waals surface area contributed by atoms with Crippen LogP contribution in [0.25, 0.3) is 0 Å². The van der Waals surface area contributed by atoms with Gasteiger partial charge in [-0.25, -0.2) is 0 Å². The van der Waals surface area contributed by atoms with Crippen LogP contribution < -0.4 is 10.1 Å². The summed E-state index contributed by atoms with van der Waals surface area (Å²) in [7, 11) is 1.63. The molecule has 0 aliphatic carbocycles. The summed E-state index contributed by atoms with van der Waals surface area (Å²) in [5, 5.41) is 14.1. The Morgan fingerprint density at radius 1 is 1.40 bits per heavy atom. The highest BCUT2D eigenvalue weighted by atomic mass is 35.5. The highest BCUT2D eigenvalue weighted by Gasteiger charge is 2.12. The van der Waals surface area contributed by atoms with E-state index in [1.54, 1.807) is 13.1 Å². The van der Waals surface area contributed by atoms with E-state index in [0.29, 0.717) is 10.8 Å². The Morgan fingerprint density at radius 3 is 2.80 bits per heavy atom. The van der Waals surface area contributed by atoms with Gasteiger partial charge in [0.25, 0.3) is 5.69 Å². The first kappa shape index (κ1) is 14.1. The van der Waals surface area contributed by atoms with E-state index in [2.05, 4.69) is 10.3 Å². The number of rotatable bonds is 5. The normalized spacial score (nSPS) is 10.1. The molecule has 1 aromatic carbocycles. The van der Waals surface area contributed by atoms with Gasteiger partial charge in [-0.2, -0.15) is 4.98 Å². The minimum atomic E-state index is -0.495. The fourth-order valence-electron chi connectivity index (χ4n) is 1.57. The van der Waals surface area contributed by atoms with Gasteiger partial charge in [0.2, 0.25) is 5.88 Å². The van der Waals surface area contributed by atoms with Crippen LogP contribution in [0.2, 0.25) is 5.02 Å². The molecule has 0 fully saturated rings. The molecule has 104 valence electrons.